The molecule has 1 atom stereocenters. The highest BCUT2D eigenvalue weighted by molar-refractivity contribution is 7.14. The van der Waals surface area contributed by atoms with E-state index in [0.29, 0.717) is 6.04 Å². The molecule has 1 saturated heterocycles. The summed E-state index contributed by atoms with van der Waals surface area (Å²) >= 11 is 1.53. The van der Waals surface area contributed by atoms with Crippen molar-refractivity contribution in [1.29, 1.82) is 0 Å². The zero-order chi connectivity index (χ0) is 17.3. The number of anilines is 1. The van der Waals surface area contributed by atoms with Crippen LogP contribution in [-0.4, -0.2) is 45.2 Å². The second-order valence-corrected chi connectivity index (χ2v) is 7.41. The lowest BCUT2D eigenvalue weighted by Gasteiger charge is -2.24. The van der Waals surface area contributed by atoms with Crippen LogP contribution >= 0.6 is 11.3 Å². The van der Waals surface area contributed by atoms with Crippen LogP contribution in [0.5, 0.6) is 0 Å². The topological polar surface area (TPSA) is 54.3 Å². The lowest BCUT2D eigenvalue weighted by atomic mass is 10.2. The van der Waals surface area contributed by atoms with Gasteiger partial charge in [-0.25, -0.2) is 4.98 Å². The van der Waals surface area contributed by atoms with Crippen LogP contribution in [-0.2, 0) is 17.9 Å². The van der Waals surface area contributed by atoms with Crippen molar-refractivity contribution >= 4 is 22.4 Å². The molecule has 1 fully saturated rings. The molecule has 3 rings (SSSR count). The van der Waals surface area contributed by atoms with E-state index in [-0.39, 0.29) is 5.91 Å². The minimum atomic E-state index is 0.0134. The molecule has 2 aromatic rings. The normalized spacial score (nSPS) is 18.2. The first kappa shape index (κ1) is 17.1. The molecule has 0 aromatic carbocycles. The molecule has 7 heteroatoms. The van der Waals surface area contributed by atoms with Crippen LogP contribution in [0.4, 0.5) is 5.13 Å². The summed E-state index contributed by atoms with van der Waals surface area (Å²) in [5, 5.41) is 7.43. The molecule has 3 heterocycles. The molecule has 6 nitrogen and oxygen atoms in total. The molecule has 1 aliphatic heterocycles. The lowest BCUT2D eigenvalue weighted by molar-refractivity contribution is -0.116. The second-order valence-electron chi connectivity index (χ2n) is 6.58. The van der Waals surface area contributed by atoms with Gasteiger partial charge in [0.2, 0.25) is 5.91 Å². The summed E-state index contributed by atoms with van der Waals surface area (Å²) in [5.41, 5.74) is 3.34. The number of hydrogen-bond donors (Lipinski definition) is 0. The van der Waals surface area contributed by atoms with Gasteiger partial charge >= 0.3 is 0 Å². The van der Waals surface area contributed by atoms with E-state index in [1.54, 1.807) is 18.9 Å². The Morgan fingerprint density at radius 2 is 2.25 bits per heavy atom. The summed E-state index contributed by atoms with van der Waals surface area (Å²) in [6.07, 6.45) is 2.41. The number of rotatable bonds is 5. The predicted octanol–water partition coefficient (Wildman–Crippen LogP) is 2.60. The van der Waals surface area contributed by atoms with E-state index in [0.717, 1.165) is 36.2 Å². The van der Waals surface area contributed by atoms with E-state index in [9.17, 15) is 4.79 Å². The first-order chi connectivity index (χ1) is 11.4. The zero-order valence-corrected chi connectivity index (χ0v) is 15.6. The minimum Gasteiger partial charge on any atom is -0.293 e. The summed E-state index contributed by atoms with van der Waals surface area (Å²) in [6.45, 7) is 8.59. The van der Waals surface area contributed by atoms with Crippen LogP contribution in [0.15, 0.2) is 11.4 Å². The van der Waals surface area contributed by atoms with Crippen LogP contribution in [0.25, 0.3) is 0 Å². The van der Waals surface area contributed by atoms with Crippen LogP contribution in [0.3, 0.4) is 0 Å². The van der Waals surface area contributed by atoms with Gasteiger partial charge in [0.1, 0.15) is 0 Å². The first-order valence-corrected chi connectivity index (χ1v) is 9.26. The highest BCUT2D eigenvalue weighted by atomic mass is 32.1. The van der Waals surface area contributed by atoms with E-state index >= 15 is 0 Å². The van der Waals surface area contributed by atoms with Gasteiger partial charge in [0.25, 0.3) is 0 Å². The third-order valence-electron chi connectivity index (χ3n) is 4.65. The van der Waals surface area contributed by atoms with Crippen molar-refractivity contribution in [3.8, 4) is 0 Å². The summed E-state index contributed by atoms with van der Waals surface area (Å²) in [5.74, 6) is 0.0134. The Balaban J connectivity index is 1.66. The van der Waals surface area contributed by atoms with Crippen molar-refractivity contribution in [1.82, 2.24) is 19.7 Å². The molecule has 1 aliphatic rings. The third-order valence-corrected chi connectivity index (χ3v) is 5.62. The van der Waals surface area contributed by atoms with E-state index in [2.05, 4.69) is 38.0 Å². The number of aromatic nitrogens is 3. The maximum atomic E-state index is 11.5. The molecule has 0 N–H and O–H groups in total. The maximum absolute atomic E-state index is 11.5. The zero-order valence-electron chi connectivity index (χ0n) is 14.8. The monoisotopic (exact) mass is 347 g/mol. The van der Waals surface area contributed by atoms with E-state index in [1.165, 1.54) is 29.9 Å². The molecule has 130 valence electrons. The highest BCUT2D eigenvalue weighted by Crippen LogP contribution is 2.25. The molecular weight excluding hydrogens is 322 g/mol. The van der Waals surface area contributed by atoms with Gasteiger partial charge < -0.3 is 0 Å². The first-order valence-electron chi connectivity index (χ1n) is 8.38. The van der Waals surface area contributed by atoms with Crippen molar-refractivity contribution in [2.45, 2.75) is 52.7 Å². The number of aryl methyl sites for hydroxylation is 2. The fraction of sp³-hybridized carbons (Fsp3) is 0.588. The minimum absolute atomic E-state index is 0.0134. The SMILES string of the molecule is CC(=O)N(C)c1nc(CN2CCC[C@H]2Cn2nc(C)cc2C)cs1. The van der Waals surface area contributed by atoms with Crippen LogP contribution in [0, 0.1) is 13.8 Å². The van der Waals surface area contributed by atoms with Crippen LogP contribution < -0.4 is 4.90 Å². The number of carbonyl (C=O) groups excluding carboxylic acids is 1. The Morgan fingerprint density at radius 3 is 2.92 bits per heavy atom. The maximum Gasteiger partial charge on any atom is 0.225 e. The largest absolute Gasteiger partial charge is 0.293 e. The van der Waals surface area contributed by atoms with Crippen molar-refractivity contribution in [3.05, 3.63) is 28.5 Å². The number of thiazole rings is 1. The molecular formula is C17H25N5OS. The molecule has 2 aromatic heterocycles. The van der Waals surface area contributed by atoms with E-state index in [4.69, 9.17) is 0 Å². The van der Waals surface area contributed by atoms with Crippen molar-refractivity contribution in [2.24, 2.45) is 0 Å². The van der Waals surface area contributed by atoms with Crippen molar-refractivity contribution in [2.75, 3.05) is 18.5 Å². The molecule has 0 saturated carbocycles. The predicted molar refractivity (Wildman–Crippen MR) is 96.3 cm³/mol. The van der Waals surface area contributed by atoms with E-state index in [1.807, 2.05) is 6.92 Å². The van der Waals surface area contributed by atoms with Gasteiger partial charge in [-0.1, -0.05) is 0 Å². The average molecular weight is 347 g/mol. The number of hydrogen-bond acceptors (Lipinski definition) is 5. The Kier molecular flexibility index (Phi) is 5.01. The molecule has 0 radical (unpaired) electrons. The van der Waals surface area contributed by atoms with Crippen LogP contribution in [0.2, 0.25) is 0 Å². The average Bonchev–Trinajstić information content (AvgIpc) is 3.22. The van der Waals surface area contributed by atoms with Gasteiger partial charge in [-0.05, 0) is 39.3 Å². The number of likely N-dealkylation sites (tertiary alicyclic amines) is 1. The van der Waals surface area contributed by atoms with E-state index < -0.39 is 0 Å². The van der Waals surface area contributed by atoms with Gasteiger partial charge in [-0.3, -0.25) is 19.3 Å². The Hall–Kier alpha value is -1.73. The third kappa shape index (κ3) is 3.67. The molecule has 1 amide bonds. The lowest BCUT2D eigenvalue weighted by Crippen LogP contribution is -2.33. The molecule has 0 unspecified atom stereocenters. The fourth-order valence-corrected chi connectivity index (χ4v) is 4.06. The van der Waals surface area contributed by atoms with Crippen molar-refractivity contribution < 1.29 is 4.79 Å². The van der Waals surface area contributed by atoms with Gasteiger partial charge in [0.05, 0.1) is 17.9 Å². The number of amides is 1. The summed E-state index contributed by atoms with van der Waals surface area (Å²) in [4.78, 5) is 20.2. The molecule has 0 aliphatic carbocycles. The van der Waals surface area contributed by atoms with Gasteiger partial charge in [0.15, 0.2) is 5.13 Å². The second kappa shape index (κ2) is 7.03. The van der Waals surface area contributed by atoms with Gasteiger partial charge in [0, 0.05) is 37.6 Å². The Bertz CT molecular complexity index is 722. The van der Waals surface area contributed by atoms with Crippen molar-refractivity contribution in [3.63, 3.8) is 0 Å². The highest BCUT2D eigenvalue weighted by Gasteiger charge is 2.26. The number of nitrogens with zero attached hydrogens (tertiary/aromatic N) is 5. The quantitative estimate of drug-likeness (QED) is 0.834. The summed E-state index contributed by atoms with van der Waals surface area (Å²) in [7, 11) is 1.77. The summed E-state index contributed by atoms with van der Waals surface area (Å²) < 4.78 is 2.12. The fourth-order valence-electron chi connectivity index (χ4n) is 3.24. The Labute approximate surface area is 147 Å². The summed E-state index contributed by atoms with van der Waals surface area (Å²) in [6, 6.07) is 2.63. The van der Waals surface area contributed by atoms with Crippen LogP contribution in [0.1, 0.15) is 36.8 Å². The Morgan fingerprint density at radius 1 is 1.46 bits per heavy atom. The number of carbonyl (C=O) groups is 1. The smallest absolute Gasteiger partial charge is 0.225 e. The standard InChI is InChI=1S/C17H25N5OS/c1-12-8-13(2)22(19-12)10-16-6-5-7-21(16)9-15-11-24-17(18-15)20(4)14(3)23/h8,11,16H,5-7,9-10H2,1-4H3/t16-/m0/s1. The van der Waals surface area contributed by atoms with Gasteiger partial charge in [-0.15, -0.1) is 11.3 Å². The molecule has 0 spiro atoms. The van der Waals surface area contributed by atoms with Gasteiger partial charge in [-0.2, -0.15) is 5.10 Å². The molecule has 24 heavy (non-hydrogen) atoms. The molecule has 0 bridgehead atoms.